The van der Waals surface area contributed by atoms with Gasteiger partial charge >= 0.3 is 0 Å². The molecule has 0 aliphatic carbocycles. The number of aromatic nitrogens is 3. The SMILES string of the molecule is O=Cc1cn2c(nc3ccc(Cl)cc32)[nH]1. The third-order valence-corrected chi connectivity index (χ3v) is 2.54. The fraction of sp³-hybridized carbons (Fsp3) is 0. The van der Waals surface area contributed by atoms with Crippen LogP contribution in [0.25, 0.3) is 16.8 Å². The summed E-state index contributed by atoms with van der Waals surface area (Å²) in [5.74, 6) is 0.648. The minimum Gasteiger partial charge on any atom is -0.321 e. The van der Waals surface area contributed by atoms with E-state index in [0.717, 1.165) is 17.3 Å². The molecule has 0 saturated carbocycles. The summed E-state index contributed by atoms with van der Waals surface area (Å²) in [6.45, 7) is 0. The summed E-state index contributed by atoms with van der Waals surface area (Å²) < 4.78 is 1.81. The van der Waals surface area contributed by atoms with Gasteiger partial charge in [0.2, 0.25) is 5.78 Å². The van der Waals surface area contributed by atoms with Gasteiger partial charge in [0.15, 0.2) is 6.29 Å². The van der Waals surface area contributed by atoms with E-state index in [0.29, 0.717) is 16.5 Å². The first-order valence-corrected chi connectivity index (χ1v) is 4.77. The van der Waals surface area contributed by atoms with Crippen molar-refractivity contribution in [2.75, 3.05) is 0 Å². The Kier molecular flexibility index (Phi) is 1.61. The van der Waals surface area contributed by atoms with Crippen LogP contribution in [-0.4, -0.2) is 20.7 Å². The van der Waals surface area contributed by atoms with Crippen LogP contribution < -0.4 is 0 Å². The van der Waals surface area contributed by atoms with Gasteiger partial charge in [-0.15, -0.1) is 0 Å². The fourth-order valence-corrected chi connectivity index (χ4v) is 1.81. The maximum atomic E-state index is 10.6. The van der Waals surface area contributed by atoms with Crippen LogP contribution in [0.15, 0.2) is 24.4 Å². The minimum atomic E-state index is 0.499. The Morgan fingerprint density at radius 1 is 1.47 bits per heavy atom. The van der Waals surface area contributed by atoms with Gasteiger partial charge < -0.3 is 4.98 Å². The number of nitrogens with one attached hydrogen (secondary N) is 1. The second-order valence-corrected chi connectivity index (χ2v) is 3.70. The highest BCUT2D eigenvalue weighted by Crippen LogP contribution is 2.20. The molecule has 0 amide bonds. The molecule has 0 aliphatic heterocycles. The van der Waals surface area contributed by atoms with Gasteiger partial charge in [0.1, 0.15) is 0 Å². The van der Waals surface area contributed by atoms with Crippen LogP contribution in [0.5, 0.6) is 0 Å². The molecule has 2 heterocycles. The Bertz CT molecular complexity index is 668. The van der Waals surface area contributed by atoms with Crippen molar-refractivity contribution in [1.29, 1.82) is 0 Å². The lowest BCUT2D eigenvalue weighted by molar-refractivity contribution is 0.111. The number of hydrogen-bond donors (Lipinski definition) is 1. The number of aldehydes is 1. The number of imidazole rings is 2. The molecular formula is C10H6ClN3O. The third kappa shape index (κ3) is 1.15. The van der Waals surface area contributed by atoms with E-state index >= 15 is 0 Å². The highest BCUT2D eigenvalue weighted by molar-refractivity contribution is 6.31. The number of rotatable bonds is 1. The molecule has 2 aromatic heterocycles. The molecule has 74 valence electrons. The molecule has 0 saturated heterocycles. The molecule has 4 nitrogen and oxygen atoms in total. The van der Waals surface area contributed by atoms with Crippen LogP contribution in [0, 0.1) is 0 Å². The lowest BCUT2D eigenvalue weighted by Gasteiger charge is -1.90. The predicted octanol–water partition coefficient (Wildman–Crippen LogP) is 2.28. The fourth-order valence-electron chi connectivity index (χ4n) is 1.65. The topological polar surface area (TPSA) is 50.2 Å². The number of fused-ring (bicyclic) bond motifs is 3. The molecule has 1 N–H and O–H groups in total. The van der Waals surface area contributed by atoms with Gasteiger partial charge in [-0.2, -0.15) is 0 Å². The van der Waals surface area contributed by atoms with Crippen LogP contribution in [0.2, 0.25) is 5.02 Å². The molecule has 0 radical (unpaired) electrons. The second kappa shape index (κ2) is 2.84. The number of H-pyrrole nitrogens is 1. The quantitative estimate of drug-likeness (QED) is 0.639. The Hall–Kier alpha value is -1.81. The molecule has 3 rings (SSSR count). The Morgan fingerprint density at radius 2 is 2.33 bits per heavy atom. The molecule has 3 aromatic rings. The van der Waals surface area contributed by atoms with Crippen molar-refractivity contribution in [1.82, 2.24) is 14.4 Å². The Morgan fingerprint density at radius 3 is 3.13 bits per heavy atom. The normalized spacial score (nSPS) is 11.3. The third-order valence-electron chi connectivity index (χ3n) is 2.30. The highest BCUT2D eigenvalue weighted by atomic mass is 35.5. The zero-order chi connectivity index (χ0) is 10.4. The van der Waals surface area contributed by atoms with Gasteiger partial charge in [-0.25, -0.2) is 4.98 Å². The van der Waals surface area contributed by atoms with Crippen molar-refractivity contribution in [2.45, 2.75) is 0 Å². The first-order chi connectivity index (χ1) is 7.28. The van der Waals surface area contributed by atoms with E-state index in [1.807, 2.05) is 16.5 Å². The van der Waals surface area contributed by atoms with E-state index < -0.39 is 0 Å². The van der Waals surface area contributed by atoms with E-state index in [9.17, 15) is 4.79 Å². The number of nitrogens with zero attached hydrogens (tertiary/aromatic N) is 2. The molecule has 0 atom stereocenters. The smallest absolute Gasteiger partial charge is 0.212 e. The predicted molar refractivity (Wildman–Crippen MR) is 57.4 cm³/mol. The van der Waals surface area contributed by atoms with E-state index in [-0.39, 0.29) is 0 Å². The van der Waals surface area contributed by atoms with Crippen molar-refractivity contribution in [3.8, 4) is 0 Å². The molecule has 5 heteroatoms. The summed E-state index contributed by atoms with van der Waals surface area (Å²) in [7, 11) is 0. The number of halogens is 1. The second-order valence-electron chi connectivity index (χ2n) is 3.27. The molecular weight excluding hydrogens is 214 g/mol. The number of carbonyl (C=O) groups excluding carboxylic acids is 1. The highest BCUT2D eigenvalue weighted by Gasteiger charge is 2.07. The van der Waals surface area contributed by atoms with Crippen molar-refractivity contribution < 1.29 is 4.79 Å². The maximum Gasteiger partial charge on any atom is 0.212 e. The lowest BCUT2D eigenvalue weighted by Crippen LogP contribution is -1.78. The first-order valence-electron chi connectivity index (χ1n) is 4.39. The zero-order valence-corrected chi connectivity index (χ0v) is 8.32. The van der Waals surface area contributed by atoms with Gasteiger partial charge in [0.25, 0.3) is 0 Å². The number of benzene rings is 1. The van der Waals surface area contributed by atoms with Crippen molar-refractivity contribution in [2.24, 2.45) is 0 Å². The molecule has 15 heavy (non-hydrogen) atoms. The van der Waals surface area contributed by atoms with Gasteiger partial charge in [-0.1, -0.05) is 11.6 Å². The molecule has 0 unspecified atom stereocenters. The molecule has 0 aliphatic rings. The van der Waals surface area contributed by atoms with Crippen LogP contribution in [0.3, 0.4) is 0 Å². The van der Waals surface area contributed by atoms with Crippen LogP contribution in [0.4, 0.5) is 0 Å². The van der Waals surface area contributed by atoms with Gasteiger partial charge in [-0.05, 0) is 18.2 Å². The Balaban J connectivity index is 2.47. The summed E-state index contributed by atoms with van der Waals surface area (Å²) in [5.41, 5.74) is 2.24. The minimum absolute atomic E-state index is 0.499. The van der Waals surface area contributed by atoms with Crippen LogP contribution in [-0.2, 0) is 0 Å². The first kappa shape index (κ1) is 8.49. The van der Waals surface area contributed by atoms with E-state index in [1.165, 1.54) is 0 Å². The number of carbonyl (C=O) groups is 1. The summed E-state index contributed by atoms with van der Waals surface area (Å²) >= 11 is 5.90. The van der Waals surface area contributed by atoms with Crippen LogP contribution in [0.1, 0.15) is 10.5 Å². The van der Waals surface area contributed by atoms with Crippen molar-refractivity contribution in [3.05, 3.63) is 35.1 Å². The summed E-state index contributed by atoms with van der Waals surface area (Å²) in [6, 6.07) is 5.45. The number of hydrogen-bond acceptors (Lipinski definition) is 2. The number of aromatic amines is 1. The Labute approximate surface area is 89.5 Å². The standard InChI is InChI=1S/C10H6ClN3O/c11-6-1-2-8-9(3-6)14-4-7(5-15)12-10(14)13-8/h1-5H,(H,12,13). The largest absolute Gasteiger partial charge is 0.321 e. The molecule has 0 fully saturated rings. The summed E-state index contributed by atoms with van der Waals surface area (Å²) in [4.78, 5) is 17.8. The van der Waals surface area contributed by atoms with Crippen molar-refractivity contribution >= 4 is 34.7 Å². The molecule has 0 bridgehead atoms. The van der Waals surface area contributed by atoms with E-state index in [2.05, 4.69) is 9.97 Å². The van der Waals surface area contributed by atoms with Gasteiger partial charge in [-0.3, -0.25) is 9.20 Å². The van der Waals surface area contributed by atoms with Crippen LogP contribution >= 0.6 is 11.6 Å². The molecule has 0 spiro atoms. The van der Waals surface area contributed by atoms with Gasteiger partial charge in [0.05, 0.1) is 16.7 Å². The van der Waals surface area contributed by atoms with E-state index in [1.54, 1.807) is 12.3 Å². The zero-order valence-electron chi connectivity index (χ0n) is 7.57. The average Bonchev–Trinajstić information content (AvgIpc) is 2.75. The lowest BCUT2D eigenvalue weighted by atomic mass is 10.3. The van der Waals surface area contributed by atoms with Crippen molar-refractivity contribution in [3.63, 3.8) is 0 Å². The summed E-state index contributed by atoms with van der Waals surface area (Å²) in [6.07, 6.45) is 2.46. The molecule has 1 aromatic carbocycles. The maximum absolute atomic E-state index is 10.6. The van der Waals surface area contributed by atoms with Gasteiger partial charge in [0, 0.05) is 11.2 Å². The monoisotopic (exact) mass is 219 g/mol. The summed E-state index contributed by atoms with van der Waals surface area (Å²) in [5, 5.41) is 0.651. The van der Waals surface area contributed by atoms with E-state index in [4.69, 9.17) is 11.6 Å². The average molecular weight is 220 g/mol.